The number of amides is 2. The van der Waals surface area contributed by atoms with Crippen molar-refractivity contribution in [3.8, 4) is 0 Å². The molecular weight excluding hydrogens is 312 g/mol. The van der Waals surface area contributed by atoms with Crippen LogP contribution in [0, 0.1) is 0 Å². The van der Waals surface area contributed by atoms with E-state index in [2.05, 4.69) is 59.0 Å². The minimum absolute atomic E-state index is 0.129. The van der Waals surface area contributed by atoms with Gasteiger partial charge in [0.05, 0.1) is 0 Å². The van der Waals surface area contributed by atoms with Gasteiger partial charge in [-0.3, -0.25) is 0 Å². The van der Waals surface area contributed by atoms with Crippen molar-refractivity contribution in [3.63, 3.8) is 0 Å². The number of carbonyl (C=O) groups is 1. The van der Waals surface area contributed by atoms with E-state index >= 15 is 0 Å². The molecule has 1 saturated carbocycles. The van der Waals surface area contributed by atoms with Crippen molar-refractivity contribution in [2.24, 2.45) is 0 Å². The molecule has 0 aromatic heterocycles. The van der Waals surface area contributed by atoms with Gasteiger partial charge in [-0.25, -0.2) is 4.79 Å². The first kappa shape index (κ1) is 17.1. The average molecular weight is 338 g/mol. The van der Waals surface area contributed by atoms with Crippen molar-refractivity contribution < 1.29 is 4.79 Å². The molecule has 0 spiro atoms. The van der Waals surface area contributed by atoms with Crippen LogP contribution in [0.15, 0.2) is 48.5 Å². The van der Waals surface area contributed by atoms with Gasteiger partial charge >= 0.3 is 6.03 Å². The molecule has 0 radical (unpaired) electrons. The third-order valence-electron chi connectivity index (χ3n) is 4.34. The minimum atomic E-state index is -0.129. The third-order valence-corrected chi connectivity index (χ3v) is 4.34. The number of urea groups is 1. The van der Waals surface area contributed by atoms with E-state index in [9.17, 15) is 4.79 Å². The Bertz CT molecular complexity index is 689. The van der Waals surface area contributed by atoms with Crippen LogP contribution < -0.4 is 20.9 Å². The molecule has 1 fully saturated rings. The molecule has 1 aliphatic carbocycles. The minimum Gasteiger partial charge on any atom is -0.372 e. The lowest BCUT2D eigenvalue weighted by Gasteiger charge is -2.21. The van der Waals surface area contributed by atoms with Gasteiger partial charge in [0, 0.05) is 41.9 Å². The molecule has 3 rings (SSSR count). The van der Waals surface area contributed by atoms with Crippen molar-refractivity contribution in [2.45, 2.75) is 32.7 Å². The van der Waals surface area contributed by atoms with Gasteiger partial charge in [-0.15, -0.1) is 0 Å². The summed E-state index contributed by atoms with van der Waals surface area (Å²) in [5.41, 5.74) is 4.06. The van der Waals surface area contributed by atoms with E-state index in [0.717, 1.165) is 43.0 Å². The summed E-state index contributed by atoms with van der Waals surface area (Å²) in [5, 5.41) is 9.15. The third kappa shape index (κ3) is 4.89. The van der Waals surface area contributed by atoms with Gasteiger partial charge in [-0.05, 0) is 75.2 Å². The Balaban J connectivity index is 1.56. The van der Waals surface area contributed by atoms with Gasteiger partial charge in [-0.1, -0.05) is 0 Å². The molecule has 0 bridgehead atoms. The molecule has 1 aliphatic rings. The zero-order valence-corrected chi connectivity index (χ0v) is 14.9. The summed E-state index contributed by atoms with van der Waals surface area (Å²) in [7, 11) is 0. The maximum absolute atomic E-state index is 11.7. The van der Waals surface area contributed by atoms with Gasteiger partial charge in [0.15, 0.2) is 0 Å². The van der Waals surface area contributed by atoms with Crippen LogP contribution in [0.4, 0.5) is 27.5 Å². The van der Waals surface area contributed by atoms with Gasteiger partial charge in [0.25, 0.3) is 0 Å². The molecule has 2 aromatic carbocycles. The fourth-order valence-corrected chi connectivity index (χ4v) is 2.73. The summed E-state index contributed by atoms with van der Waals surface area (Å²) < 4.78 is 0. The highest BCUT2D eigenvalue weighted by Gasteiger charge is 2.23. The summed E-state index contributed by atoms with van der Waals surface area (Å²) in [6.45, 7) is 6.34. The Hall–Kier alpha value is -2.69. The largest absolute Gasteiger partial charge is 0.372 e. The van der Waals surface area contributed by atoms with Crippen molar-refractivity contribution >= 4 is 28.8 Å². The maximum Gasteiger partial charge on any atom is 0.319 e. The zero-order chi connectivity index (χ0) is 17.6. The van der Waals surface area contributed by atoms with Crippen molar-refractivity contribution in [3.05, 3.63) is 48.5 Å². The van der Waals surface area contributed by atoms with Gasteiger partial charge < -0.3 is 20.9 Å². The highest BCUT2D eigenvalue weighted by Crippen LogP contribution is 2.23. The number of hydrogen-bond acceptors (Lipinski definition) is 3. The number of anilines is 4. The molecule has 5 nitrogen and oxygen atoms in total. The van der Waals surface area contributed by atoms with Crippen LogP contribution >= 0.6 is 0 Å². The number of carbonyl (C=O) groups excluding carboxylic acids is 1. The lowest BCUT2D eigenvalue weighted by molar-refractivity contribution is 0.251. The molecule has 2 aromatic rings. The summed E-state index contributed by atoms with van der Waals surface area (Å²) in [6, 6.07) is 16.4. The van der Waals surface area contributed by atoms with E-state index in [0.29, 0.717) is 6.04 Å². The highest BCUT2D eigenvalue weighted by atomic mass is 16.2. The number of nitrogens with zero attached hydrogens (tertiary/aromatic N) is 1. The molecule has 5 heteroatoms. The summed E-state index contributed by atoms with van der Waals surface area (Å²) in [5.74, 6) is 0. The Kier molecular flexibility index (Phi) is 5.43. The lowest BCUT2D eigenvalue weighted by Crippen LogP contribution is -2.30. The first-order chi connectivity index (χ1) is 12.2. The summed E-state index contributed by atoms with van der Waals surface area (Å²) in [4.78, 5) is 14.0. The second kappa shape index (κ2) is 7.92. The van der Waals surface area contributed by atoms with Gasteiger partial charge in [0.1, 0.15) is 0 Å². The average Bonchev–Trinajstić information content (AvgIpc) is 3.43. The topological polar surface area (TPSA) is 56.4 Å². The first-order valence-corrected chi connectivity index (χ1v) is 8.97. The Morgan fingerprint density at radius 1 is 0.920 bits per heavy atom. The van der Waals surface area contributed by atoms with E-state index in [-0.39, 0.29) is 6.03 Å². The summed E-state index contributed by atoms with van der Waals surface area (Å²) >= 11 is 0. The van der Waals surface area contributed by atoms with Crippen LogP contribution in [-0.4, -0.2) is 25.2 Å². The second-order valence-electron chi connectivity index (χ2n) is 6.29. The van der Waals surface area contributed by atoms with E-state index < -0.39 is 0 Å². The predicted molar refractivity (Wildman–Crippen MR) is 105 cm³/mol. The molecule has 25 heavy (non-hydrogen) atoms. The van der Waals surface area contributed by atoms with Crippen molar-refractivity contribution in [1.82, 2.24) is 5.32 Å². The zero-order valence-electron chi connectivity index (χ0n) is 14.9. The predicted octanol–water partition coefficient (Wildman–Crippen LogP) is 4.56. The van der Waals surface area contributed by atoms with Gasteiger partial charge in [0.2, 0.25) is 0 Å². The molecule has 2 amide bonds. The molecule has 0 saturated heterocycles. The van der Waals surface area contributed by atoms with Gasteiger partial charge in [-0.2, -0.15) is 0 Å². The monoisotopic (exact) mass is 338 g/mol. The number of hydrogen-bond donors (Lipinski definition) is 3. The second-order valence-corrected chi connectivity index (χ2v) is 6.29. The van der Waals surface area contributed by atoms with E-state index in [1.54, 1.807) is 0 Å². The van der Waals surface area contributed by atoms with Crippen LogP contribution in [0.1, 0.15) is 26.7 Å². The van der Waals surface area contributed by atoms with E-state index in [4.69, 9.17) is 0 Å². The number of rotatable bonds is 7. The van der Waals surface area contributed by atoms with Crippen molar-refractivity contribution in [1.29, 1.82) is 0 Å². The first-order valence-electron chi connectivity index (χ1n) is 8.97. The Morgan fingerprint density at radius 2 is 1.44 bits per heavy atom. The fourth-order valence-electron chi connectivity index (χ4n) is 2.73. The number of benzene rings is 2. The van der Waals surface area contributed by atoms with Crippen LogP contribution in [0.2, 0.25) is 0 Å². The molecular formula is C20H26N4O. The van der Waals surface area contributed by atoms with E-state index in [1.807, 2.05) is 24.3 Å². The van der Waals surface area contributed by atoms with Crippen LogP contribution in [0.3, 0.4) is 0 Å². The normalized spacial score (nSPS) is 13.2. The quantitative estimate of drug-likeness (QED) is 0.693. The molecule has 0 atom stereocenters. The number of nitrogens with one attached hydrogen (secondary N) is 3. The molecule has 0 aliphatic heterocycles. The summed E-state index contributed by atoms with van der Waals surface area (Å²) in [6.07, 6.45) is 2.17. The molecule has 132 valence electrons. The fraction of sp³-hybridized carbons (Fsp3) is 0.350. The standard InChI is InChI=1S/C20H26N4O/c1-3-24(4-2)19-13-11-16(12-14-19)21-15-5-7-17(8-6-15)22-20(25)23-18-9-10-18/h5-8,11-14,18,21H,3-4,9-10H2,1-2H3,(H2,22,23,25). The SMILES string of the molecule is CCN(CC)c1ccc(Nc2ccc(NC(=O)NC3CC3)cc2)cc1. The molecule has 0 unspecified atom stereocenters. The van der Waals surface area contributed by atoms with Crippen LogP contribution in [0.5, 0.6) is 0 Å². The Labute approximate surface area is 149 Å². The van der Waals surface area contributed by atoms with Crippen molar-refractivity contribution in [2.75, 3.05) is 28.6 Å². The Morgan fingerprint density at radius 3 is 1.96 bits per heavy atom. The van der Waals surface area contributed by atoms with Crippen LogP contribution in [-0.2, 0) is 0 Å². The molecule has 0 heterocycles. The smallest absolute Gasteiger partial charge is 0.319 e. The lowest BCUT2D eigenvalue weighted by atomic mass is 10.2. The van der Waals surface area contributed by atoms with Crippen LogP contribution in [0.25, 0.3) is 0 Å². The molecule has 3 N–H and O–H groups in total. The highest BCUT2D eigenvalue weighted by molar-refractivity contribution is 5.89. The maximum atomic E-state index is 11.7. The van der Waals surface area contributed by atoms with E-state index in [1.165, 1.54) is 5.69 Å².